The second-order valence-corrected chi connectivity index (χ2v) is 9.30. The van der Waals surface area contributed by atoms with Gasteiger partial charge in [-0.1, -0.05) is 13.0 Å². The molecule has 0 amide bonds. The van der Waals surface area contributed by atoms with Crippen LogP contribution in [-0.2, 0) is 22.4 Å². The Morgan fingerprint density at radius 2 is 2.04 bits per heavy atom. The summed E-state index contributed by atoms with van der Waals surface area (Å²) in [6.07, 6.45) is 8.90. The molecule has 1 N–H and O–H groups in total. The largest absolute Gasteiger partial charge is 0.496 e. The van der Waals surface area contributed by atoms with Crippen LogP contribution < -0.4 is 4.74 Å². The van der Waals surface area contributed by atoms with Gasteiger partial charge in [0.15, 0.2) is 0 Å². The minimum atomic E-state index is -0.725. The monoisotopic (exact) mass is 384 g/mol. The van der Waals surface area contributed by atoms with E-state index in [1.807, 2.05) is 0 Å². The maximum Gasteiger partial charge on any atom is 0.303 e. The van der Waals surface area contributed by atoms with Crippen molar-refractivity contribution in [2.75, 3.05) is 7.11 Å². The number of carboxylic acids is 1. The summed E-state index contributed by atoms with van der Waals surface area (Å²) in [6, 6.07) is 4.58. The maximum atomic E-state index is 12.5. The van der Waals surface area contributed by atoms with Crippen LogP contribution in [0.4, 0.5) is 0 Å². The zero-order chi connectivity index (χ0) is 19.9. The summed E-state index contributed by atoms with van der Waals surface area (Å²) >= 11 is 0. The third kappa shape index (κ3) is 3.25. The Morgan fingerprint density at radius 3 is 2.79 bits per heavy atom. The number of aryl methyl sites for hydroxylation is 2. The number of Topliss-reactive ketones (excluding diaryl/α,β-unsaturated/α-hetero) is 1. The van der Waals surface area contributed by atoms with E-state index in [1.165, 1.54) is 23.1 Å². The van der Waals surface area contributed by atoms with Crippen LogP contribution in [0, 0.1) is 17.3 Å². The Kier molecular flexibility index (Phi) is 5.24. The molecule has 0 saturated heterocycles. The van der Waals surface area contributed by atoms with Crippen molar-refractivity contribution in [3.63, 3.8) is 0 Å². The number of ether oxygens (including phenoxy) is 1. The topological polar surface area (TPSA) is 63.6 Å². The fraction of sp³-hybridized carbons (Fsp3) is 0.667. The number of benzene rings is 1. The van der Waals surface area contributed by atoms with E-state index in [0.29, 0.717) is 30.0 Å². The second-order valence-electron chi connectivity index (χ2n) is 9.30. The van der Waals surface area contributed by atoms with Crippen molar-refractivity contribution in [3.8, 4) is 5.75 Å². The van der Waals surface area contributed by atoms with Crippen LogP contribution in [0.3, 0.4) is 0 Å². The predicted octanol–water partition coefficient (Wildman–Crippen LogP) is 4.92. The van der Waals surface area contributed by atoms with Gasteiger partial charge in [0.25, 0.3) is 0 Å². The highest BCUT2D eigenvalue weighted by Gasteiger charge is 2.54. The van der Waals surface area contributed by atoms with Gasteiger partial charge in [-0.25, -0.2) is 0 Å². The third-order valence-corrected chi connectivity index (χ3v) is 7.92. The minimum Gasteiger partial charge on any atom is -0.496 e. The number of hydrogen-bond acceptors (Lipinski definition) is 3. The Labute approximate surface area is 167 Å². The van der Waals surface area contributed by atoms with E-state index >= 15 is 0 Å². The van der Waals surface area contributed by atoms with Gasteiger partial charge in [0.1, 0.15) is 11.5 Å². The van der Waals surface area contributed by atoms with Crippen molar-refractivity contribution in [1.82, 2.24) is 0 Å². The number of carbonyl (C=O) groups is 2. The molecule has 0 radical (unpaired) electrons. The highest BCUT2D eigenvalue weighted by molar-refractivity contribution is 5.87. The number of fused-ring (bicyclic) bond motifs is 5. The number of methoxy groups -OCH3 is 1. The predicted molar refractivity (Wildman–Crippen MR) is 108 cm³/mol. The lowest BCUT2D eigenvalue weighted by molar-refractivity contribution is -0.137. The van der Waals surface area contributed by atoms with Crippen molar-refractivity contribution >= 4 is 11.8 Å². The third-order valence-electron chi connectivity index (χ3n) is 7.92. The second kappa shape index (κ2) is 7.53. The summed E-state index contributed by atoms with van der Waals surface area (Å²) in [6.45, 7) is 2.22. The van der Waals surface area contributed by atoms with Gasteiger partial charge in [0.2, 0.25) is 0 Å². The molecule has 4 heteroatoms. The number of aliphatic carboxylic acids is 1. The Hall–Kier alpha value is -1.84. The molecule has 3 aliphatic rings. The molecule has 4 nitrogen and oxygen atoms in total. The Balaban J connectivity index is 1.58. The SMILES string of the molecule is COc1cc2c(cc1CCCCC(=O)O)C1CC[C@]3(C)C(=O)CCC3C1CC2. The summed E-state index contributed by atoms with van der Waals surface area (Å²) in [5, 5.41) is 8.86. The summed E-state index contributed by atoms with van der Waals surface area (Å²) in [4.78, 5) is 23.3. The van der Waals surface area contributed by atoms with E-state index in [0.717, 1.165) is 50.7 Å². The summed E-state index contributed by atoms with van der Waals surface area (Å²) < 4.78 is 5.66. The molecule has 0 bridgehead atoms. The molecule has 2 saturated carbocycles. The molecule has 2 fully saturated rings. The van der Waals surface area contributed by atoms with Crippen LogP contribution in [0.25, 0.3) is 0 Å². The number of unbranched alkanes of at least 4 members (excludes halogenated alkanes) is 1. The van der Waals surface area contributed by atoms with Gasteiger partial charge in [0.05, 0.1) is 7.11 Å². The highest BCUT2D eigenvalue weighted by atomic mass is 16.5. The minimum absolute atomic E-state index is 0.0786. The Morgan fingerprint density at radius 1 is 1.21 bits per heavy atom. The fourth-order valence-electron chi connectivity index (χ4n) is 6.39. The summed E-state index contributed by atoms with van der Waals surface area (Å²) in [7, 11) is 1.73. The van der Waals surface area contributed by atoms with Gasteiger partial charge in [-0.2, -0.15) is 0 Å². The van der Waals surface area contributed by atoms with E-state index < -0.39 is 5.97 Å². The quantitative estimate of drug-likeness (QED) is 0.707. The van der Waals surface area contributed by atoms with Crippen LogP contribution >= 0.6 is 0 Å². The lowest BCUT2D eigenvalue weighted by Crippen LogP contribution is -2.42. The first-order valence-electron chi connectivity index (χ1n) is 10.9. The van der Waals surface area contributed by atoms with E-state index in [9.17, 15) is 9.59 Å². The standard InChI is InChI=1S/C24H32O4/c1-24-12-11-17-18(20(24)9-10-22(24)25)8-7-15-14-21(28-2)16(13-19(15)17)5-3-4-6-23(26)27/h13-14,17-18,20H,3-12H2,1-2H3,(H,26,27)/t17?,18?,20?,24-/m0/s1. The number of rotatable bonds is 6. The van der Waals surface area contributed by atoms with Crippen molar-refractivity contribution in [1.29, 1.82) is 0 Å². The molecule has 4 atom stereocenters. The maximum absolute atomic E-state index is 12.5. The molecule has 4 rings (SSSR count). The zero-order valence-electron chi connectivity index (χ0n) is 17.1. The first-order valence-corrected chi connectivity index (χ1v) is 10.9. The molecule has 28 heavy (non-hydrogen) atoms. The van der Waals surface area contributed by atoms with Crippen molar-refractivity contribution in [2.45, 2.75) is 77.0 Å². The fourth-order valence-corrected chi connectivity index (χ4v) is 6.39. The highest BCUT2D eigenvalue weighted by Crippen LogP contribution is 2.59. The molecule has 3 aliphatic carbocycles. The van der Waals surface area contributed by atoms with E-state index in [2.05, 4.69) is 19.1 Å². The number of hydrogen-bond donors (Lipinski definition) is 1. The number of carbonyl (C=O) groups excluding carboxylic acids is 1. The van der Waals surface area contributed by atoms with Crippen molar-refractivity contribution in [2.24, 2.45) is 17.3 Å². The van der Waals surface area contributed by atoms with Crippen LogP contribution in [0.15, 0.2) is 12.1 Å². The van der Waals surface area contributed by atoms with E-state index in [4.69, 9.17) is 9.84 Å². The van der Waals surface area contributed by atoms with Gasteiger partial charge >= 0.3 is 5.97 Å². The first-order chi connectivity index (χ1) is 13.4. The summed E-state index contributed by atoms with van der Waals surface area (Å²) in [5.74, 6) is 2.46. The van der Waals surface area contributed by atoms with Crippen LogP contribution in [-0.4, -0.2) is 24.0 Å². The van der Waals surface area contributed by atoms with Crippen molar-refractivity contribution < 1.29 is 19.4 Å². The summed E-state index contributed by atoms with van der Waals surface area (Å²) in [5.41, 5.74) is 4.03. The number of carboxylic acid groups (broad SMARTS) is 1. The molecule has 0 spiro atoms. The van der Waals surface area contributed by atoms with E-state index in [-0.39, 0.29) is 11.8 Å². The average molecular weight is 385 g/mol. The zero-order valence-corrected chi connectivity index (χ0v) is 17.1. The molecule has 0 aliphatic heterocycles. The van der Waals surface area contributed by atoms with Gasteiger partial charge in [0, 0.05) is 18.3 Å². The molecule has 3 unspecified atom stereocenters. The van der Waals surface area contributed by atoms with Gasteiger partial charge in [-0.3, -0.25) is 9.59 Å². The molecule has 152 valence electrons. The lowest BCUT2D eigenvalue weighted by atomic mass is 9.55. The molecular formula is C24H32O4. The molecule has 1 aromatic carbocycles. The Bertz CT molecular complexity index is 783. The van der Waals surface area contributed by atoms with Crippen LogP contribution in [0.2, 0.25) is 0 Å². The van der Waals surface area contributed by atoms with Gasteiger partial charge in [-0.05, 0) is 91.9 Å². The van der Waals surface area contributed by atoms with Crippen LogP contribution in [0.1, 0.15) is 80.9 Å². The average Bonchev–Trinajstić information content (AvgIpc) is 2.99. The first kappa shape index (κ1) is 19.5. The molecule has 0 aromatic heterocycles. The molecule has 1 aromatic rings. The lowest BCUT2D eigenvalue weighted by Gasteiger charge is -2.48. The normalized spacial score (nSPS) is 31.1. The van der Waals surface area contributed by atoms with Crippen LogP contribution in [0.5, 0.6) is 5.75 Å². The van der Waals surface area contributed by atoms with Gasteiger partial charge in [-0.15, -0.1) is 0 Å². The molecule has 0 heterocycles. The smallest absolute Gasteiger partial charge is 0.303 e. The van der Waals surface area contributed by atoms with Crippen molar-refractivity contribution in [3.05, 3.63) is 28.8 Å². The number of ketones is 1. The van der Waals surface area contributed by atoms with E-state index in [1.54, 1.807) is 7.11 Å². The van der Waals surface area contributed by atoms with Gasteiger partial charge < -0.3 is 9.84 Å². The molecular weight excluding hydrogens is 352 g/mol.